The van der Waals surface area contributed by atoms with Crippen molar-refractivity contribution in [2.45, 2.75) is 6.92 Å². The molecule has 0 aliphatic rings. The summed E-state index contributed by atoms with van der Waals surface area (Å²) in [6.45, 7) is 1.84. The van der Waals surface area contributed by atoms with Crippen molar-refractivity contribution in [3.05, 3.63) is 41.8 Å². The highest BCUT2D eigenvalue weighted by Gasteiger charge is 2.09. The molecule has 0 radical (unpaired) electrons. The maximum atomic E-state index is 13.7. The zero-order valence-electron chi connectivity index (χ0n) is 9.01. The fourth-order valence-electron chi connectivity index (χ4n) is 1.67. The summed E-state index contributed by atoms with van der Waals surface area (Å²) in [6.07, 6.45) is 0. The van der Waals surface area contributed by atoms with Crippen LogP contribution in [0, 0.1) is 12.7 Å². The molecule has 0 aliphatic heterocycles. The van der Waals surface area contributed by atoms with Crippen molar-refractivity contribution in [3.63, 3.8) is 0 Å². The predicted octanol–water partition coefficient (Wildman–Crippen LogP) is 3.20. The maximum absolute atomic E-state index is 13.7. The Labute approximate surface area is 101 Å². The van der Waals surface area contributed by atoms with Crippen LogP contribution in [0.25, 0.3) is 22.3 Å². The highest BCUT2D eigenvalue weighted by molar-refractivity contribution is 7.00. The van der Waals surface area contributed by atoms with Crippen molar-refractivity contribution in [2.75, 3.05) is 0 Å². The van der Waals surface area contributed by atoms with E-state index < -0.39 is 0 Å². The second-order valence-corrected chi connectivity index (χ2v) is 4.28. The number of benzene rings is 1. The molecule has 3 rings (SSSR count). The molecule has 3 aromatic rings. The van der Waals surface area contributed by atoms with Crippen molar-refractivity contribution in [1.29, 1.82) is 0 Å². The van der Waals surface area contributed by atoms with Gasteiger partial charge in [-0.25, -0.2) is 4.39 Å². The minimum Gasteiger partial charge on any atom is -0.250 e. The Kier molecular flexibility index (Phi) is 2.33. The van der Waals surface area contributed by atoms with Crippen LogP contribution in [0.1, 0.15) is 5.69 Å². The maximum Gasteiger partial charge on any atom is 0.149 e. The fourth-order valence-corrected chi connectivity index (χ4v) is 2.19. The molecule has 0 spiro atoms. The number of hydrogen-bond acceptors (Lipinski definition) is 4. The van der Waals surface area contributed by atoms with Gasteiger partial charge in [-0.2, -0.15) is 8.75 Å². The van der Waals surface area contributed by atoms with Crippen LogP contribution in [-0.4, -0.2) is 13.7 Å². The first-order valence-electron chi connectivity index (χ1n) is 5.10. The van der Waals surface area contributed by atoms with Crippen molar-refractivity contribution in [2.24, 2.45) is 0 Å². The van der Waals surface area contributed by atoms with Gasteiger partial charge in [-0.05, 0) is 31.2 Å². The summed E-state index contributed by atoms with van der Waals surface area (Å²) < 4.78 is 21.9. The molecule has 0 atom stereocenters. The Morgan fingerprint density at radius 3 is 2.76 bits per heavy atom. The van der Waals surface area contributed by atoms with E-state index in [0.717, 1.165) is 34.0 Å². The van der Waals surface area contributed by atoms with Gasteiger partial charge in [0.15, 0.2) is 0 Å². The molecule has 5 heteroatoms. The number of halogens is 1. The Bertz CT molecular complexity index is 693. The number of pyridine rings is 1. The third-order valence-corrected chi connectivity index (χ3v) is 3.07. The first-order chi connectivity index (χ1) is 8.24. The monoisotopic (exact) mass is 245 g/mol. The third-order valence-electron chi connectivity index (χ3n) is 2.51. The molecule has 2 heterocycles. The van der Waals surface area contributed by atoms with E-state index in [-0.39, 0.29) is 5.82 Å². The highest BCUT2D eigenvalue weighted by Crippen LogP contribution is 2.24. The molecule has 84 valence electrons. The van der Waals surface area contributed by atoms with Crippen LogP contribution in [0.15, 0.2) is 30.3 Å². The highest BCUT2D eigenvalue weighted by atomic mass is 32.1. The summed E-state index contributed by atoms with van der Waals surface area (Å²) in [6, 6.07) is 8.54. The number of rotatable bonds is 1. The number of hydrogen-bond donors (Lipinski definition) is 0. The molecule has 0 amide bonds. The Morgan fingerprint density at radius 1 is 1.06 bits per heavy atom. The van der Waals surface area contributed by atoms with Gasteiger partial charge in [0.25, 0.3) is 0 Å². The SMILES string of the molecule is Cc1ccc(F)c(-c2ccc3nsnc3c2)n1. The summed E-state index contributed by atoms with van der Waals surface area (Å²) in [7, 11) is 0. The van der Waals surface area contributed by atoms with E-state index >= 15 is 0 Å². The summed E-state index contributed by atoms with van der Waals surface area (Å²) in [5.74, 6) is -0.321. The van der Waals surface area contributed by atoms with E-state index in [4.69, 9.17) is 0 Å². The van der Waals surface area contributed by atoms with Crippen LogP contribution in [0.4, 0.5) is 4.39 Å². The van der Waals surface area contributed by atoms with E-state index in [9.17, 15) is 4.39 Å². The van der Waals surface area contributed by atoms with Gasteiger partial charge in [0.05, 0.1) is 11.7 Å². The molecule has 0 bridgehead atoms. The quantitative estimate of drug-likeness (QED) is 0.660. The molecule has 17 heavy (non-hydrogen) atoms. The molecule has 1 aromatic carbocycles. The van der Waals surface area contributed by atoms with Crippen LogP contribution in [-0.2, 0) is 0 Å². The fraction of sp³-hybridized carbons (Fsp3) is 0.0833. The summed E-state index contributed by atoms with van der Waals surface area (Å²) in [5, 5.41) is 0. The van der Waals surface area contributed by atoms with Crippen molar-refractivity contribution in [1.82, 2.24) is 13.7 Å². The summed E-state index contributed by atoms with van der Waals surface area (Å²) in [4.78, 5) is 4.21. The third kappa shape index (κ3) is 1.78. The smallest absolute Gasteiger partial charge is 0.149 e. The van der Waals surface area contributed by atoms with Crippen LogP contribution in [0.5, 0.6) is 0 Å². The van der Waals surface area contributed by atoms with Crippen molar-refractivity contribution in [3.8, 4) is 11.3 Å². The molecular weight excluding hydrogens is 237 g/mol. The number of fused-ring (bicyclic) bond motifs is 1. The average molecular weight is 245 g/mol. The average Bonchev–Trinajstić information content (AvgIpc) is 2.79. The molecule has 0 fully saturated rings. The lowest BCUT2D eigenvalue weighted by Crippen LogP contribution is -1.91. The van der Waals surface area contributed by atoms with Crippen LogP contribution >= 0.6 is 11.7 Å². The van der Waals surface area contributed by atoms with Crippen LogP contribution in [0.2, 0.25) is 0 Å². The molecule has 0 aliphatic carbocycles. The Hall–Kier alpha value is -1.88. The van der Waals surface area contributed by atoms with Crippen molar-refractivity contribution < 1.29 is 4.39 Å². The van der Waals surface area contributed by atoms with Gasteiger partial charge in [-0.3, -0.25) is 4.98 Å². The molecule has 3 nitrogen and oxygen atoms in total. The molecule has 2 aromatic heterocycles. The van der Waals surface area contributed by atoms with Crippen molar-refractivity contribution >= 4 is 22.8 Å². The Morgan fingerprint density at radius 2 is 1.88 bits per heavy atom. The molecule has 0 saturated carbocycles. The van der Waals surface area contributed by atoms with Crippen LogP contribution < -0.4 is 0 Å². The first kappa shape index (κ1) is 10.3. The normalized spacial score (nSPS) is 10.9. The van der Waals surface area contributed by atoms with E-state index in [1.807, 2.05) is 25.1 Å². The van der Waals surface area contributed by atoms with Gasteiger partial charge in [-0.1, -0.05) is 6.07 Å². The van der Waals surface area contributed by atoms with E-state index in [1.165, 1.54) is 6.07 Å². The zero-order chi connectivity index (χ0) is 11.8. The molecule has 0 saturated heterocycles. The second kappa shape index (κ2) is 3.85. The second-order valence-electron chi connectivity index (χ2n) is 3.75. The van der Waals surface area contributed by atoms with Gasteiger partial charge in [0.1, 0.15) is 22.5 Å². The summed E-state index contributed by atoms with van der Waals surface area (Å²) >= 11 is 1.15. The van der Waals surface area contributed by atoms with E-state index in [2.05, 4.69) is 13.7 Å². The lowest BCUT2D eigenvalue weighted by Gasteiger charge is -2.03. The Balaban J connectivity index is 2.22. The zero-order valence-corrected chi connectivity index (χ0v) is 9.83. The van der Waals surface area contributed by atoms with E-state index in [1.54, 1.807) is 6.07 Å². The number of nitrogens with zero attached hydrogens (tertiary/aromatic N) is 3. The van der Waals surface area contributed by atoms with Gasteiger partial charge in [0, 0.05) is 11.3 Å². The molecule has 0 unspecified atom stereocenters. The van der Waals surface area contributed by atoms with E-state index in [0.29, 0.717) is 5.69 Å². The topological polar surface area (TPSA) is 38.7 Å². The molecular formula is C12H8FN3S. The number of aromatic nitrogens is 3. The molecule has 0 N–H and O–H groups in total. The lowest BCUT2D eigenvalue weighted by molar-refractivity contribution is 0.624. The first-order valence-corrected chi connectivity index (χ1v) is 5.83. The van der Waals surface area contributed by atoms with Gasteiger partial charge in [0.2, 0.25) is 0 Å². The van der Waals surface area contributed by atoms with Gasteiger partial charge >= 0.3 is 0 Å². The van der Waals surface area contributed by atoms with Gasteiger partial charge in [-0.15, -0.1) is 0 Å². The largest absolute Gasteiger partial charge is 0.250 e. The minimum atomic E-state index is -0.321. The summed E-state index contributed by atoms with van der Waals surface area (Å²) in [5.41, 5.74) is 3.48. The van der Waals surface area contributed by atoms with Crippen LogP contribution in [0.3, 0.4) is 0 Å². The standard InChI is InChI=1S/C12H8FN3S/c1-7-2-4-9(13)12(14-7)8-3-5-10-11(6-8)16-17-15-10/h2-6H,1H3. The van der Waals surface area contributed by atoms with Gasteiger partial charge < -0.3 is 0 Å². The predicted molar refractivity (Wildman–Crippen MR) is 65.3 cm³/mol. The lowest BCUT2D eigenvalue weighted by atomic mass is 10.1. The minimum absolute atomic E-state index is 0.321. The number of aryl methyl sites for hydroxylation is 1.